The highest BCUT2D eigenvalue weighted by Crippen LogP contribution is 2.16. The smallest absolute Gasteiger partial charge is 0.240 e. The minimum absolute atomic E-state index is 0.0942. The van der Waals surface area contributed by atoms with E-state index in [1.54, 1.807) is 13.0 Å². The van der Waals surface area contributed by atoms with Gasteiger partial charge >= 0.3 is 0 Å². The van der Waals surface area contributed by atoms with Crippen molar-refractivity contribution in [1.82, 2.24) is 25.1 Å². The average Bonchev–Trinajstić information content (AvgIpc) is 3.22. The van der Waals surface area contributed by atoms with Crippen molar-refractivity contribution in [3.63, 3.8) is 0 Å². The zero-order valence-corrected chi connectivity index (χ0v) is 14.2. The number of anilines is 1. The van der Waals surface area contributed by atoms with Crippen molar-refractivity contribution in [2.24, 2.45) is 0 Å². The van der Waals surface area contributed by atoms with Crippen molar-refractivity contribution < 1.29 is 13.8 Å². The van der Waals surface area contributed by atoms with Crippen molar-refractivity contribution in [3.05, 3.63) is 23.5 Å². The number of likely N-dealkylation sites (tertiary alicyclic amines) is 1. The Hall–Kier alpha value is -2.26. The molecule has 3 rings (SSSR count). The number of rotatable bonds is 6. The Morgan fingerprint density at radius 2 is 2.25 bits per heavy atom. The van der Waals surface area contributed by atoms with E-state index in [-0.39, 0.29) is 5.91 Å². The molecule has 1 N–H and O–H groups in total. The van der Waals surface area contributed by atoms with E-state index in [2.05, 4.69) is 30.4 Å². The molecule has 1 aliphatic rings. The molecule has 0 saturated carbocycles. The van der Waals surface area contributed by atoms with Gasteiger partial charge in [-0.15, -0.1) is 0 Å². The minimum Gasteiger partial charge on any atom is -0.340 e. The molecule has 1 fully saturated rings. The first kappa shape index (κ1) is 16.6. The number of likely N-dealkylation sites (N-methyl/N-ethyl adjacent to an activating group) is 1. The summed E-state index contributed by atoms with van der Waals surface area (Å²) in [5.41, 5.74) is 0.741. The molecule has 0 unspecified atom stereocenters. The number of nitrogens with zero attached hydrogens (tertiary/aromatic N) is 5. The molecule has 0 aliphatic carbocycles. The first-order valence-corrected chi connectivity index (χ1v) is 7.94. The van der Waals surface area contributed by atoms with E-state index >= 15 is 0 Å². The van der Waals surface area contributed by atoms with Crippen LogP contribution in [0, 0.1) is 13.8 Å². The van der Waals surface area contributed by atoms with Crippen molar-refractivity contribution in [2.75, 3.05) is 32.0 Å². The molecule has 1 saturated heterocycles. The van der Waals surface area contributed by atoms with Gasteiger partial charge in [0.2, 0.25) is 17.7 Å². The summed E-state index contributed by atoms with van der Waals surface area (Å²) < 4.78 is 9.99. The largest absolute Gasteiger partial charge is 0.340 e. The number of hydrogen-bond donors (Lipinski definition) is 1. The number of amides is 1. The molecule has 0 bridgehead atoms. The Bertz CT molecular complexity index is 697. The fourth-order valence-corrected chi connectivity index (χ4v) is 2.88. The fraction of sp³-hybridized carbons (Fsp3) is 0.600. The molecule has 9 heteroatoms. The maximum atomic E-state index is 12.1. The third kappa shape index (κ3) is 4.18. The Kier molecular flexibility index (Phi) is 4.91. The van der Waals surface area contributed by atoms with Crippen LogP contribution in [0.2, 0.25) is 0 Å². The van der Waals surface area contributed by atoms with Gasteiger partial charge in [0.25, 0.3) is 0 Å². The lowest BCUT2D eigenvalue weighted by Gasteiger charge is -2.23. The zero-order valence-electron chi connectivity index (χ0n) is 14.2. The van der Waals surface area contributed by atoms with Crippen molar-refractivity contribution in [1.29, 1.82) is 0 Å². The average molecular weight is 334 g/mol. The highest BCUT2D eigenvalue weighted by atomic mass is 16.5. The molecule has 1 atom stereocenters. The molecular weight excluding hydrogens is 312 g/mol. The summed E-state index contributed by atoms with van der Waals surface area (Å²) in [4.78, 5) is 20.6. The Morgan fingerprint density at radius 1 is 1.42 bits per heavy atom. The van der Waals surface area contributed by atoms with Crippen LogP contribution >= 0.6 is 0 Å². The lowest BCUT2D eigenvalue weighted by atomic mass is 10.2. The summed E-state index contributed by atoms with van der Waals surface area (Å²) in [7, 11) is 2.04. The van der Waals surface area contributed by atoms with Crippen LogP contribution in [0.4, 0.5) is 5.88 Å². The van der Waals surface area contributed by atoms with Gasteiger partial charge in [0, 0.05) is 32.1 Å². The van der Waals surface area contributed by atoms with Gasteiger partial charge in [-0.1, -0.05) is 10.3 Å². The summed E-state index contributed by atoms with van der Waals surface area (Å²) in [5, 5.41) is 10.4. The van der Waals surface area contributed by atoms with Crippen molar-refractivity contribution in [2.45, 2.75) is 32.9 Å². The van der Waals surface area contributed by atoms with Crippen LogP contribution in [-0.4, -0.2) is 63.7 Å². The standard InChI is InChI=1S/C15H22N6O3/c1-10-6-15(24-18-10)17-14(22)9-21-5-4-12(7-21)20(3)8-13-16-11(2)23-19-13/h6,12H,4-5,7-9H2,1-3H3,(H,17,22)/t12-/m1/s1. The lowest BCUT2D eigenvalue weighted by molar-refractivity contribution is -0.117. The van der Waals surface area contributed by atoms with Gasteiger partial charge in [0.1, 0.15) is 0 Å². The Morgan fingerprint density at radius 3 is 2.92 bits per heavy atom. The molecule has 24 heavy (non-hydrogen) atoms. The summed E-state index contributed by atoms with van der Waals surface area (Å²) in [6.45, 7) is 6.28. The van der Waals surface area contributed by atoms with E-state index in [0.717, 1.165) is 25.2 Å². The van der Waals surface area contributed by atoms with Gasteiger partial charge in [0.05, 0.1) is 18.8 Å². The third-order valence-corrected chi connectivity index (χ3v) is 4.09. The van der Waals surface area contributed by atoms with Crippen LogP contribution < -0.4 is 5.32 Å². The normalized spacial score (nSPS) is 18.4. The van der Waals surface area contributed by atoms with Gasteiger partial charge in [0.15, 0.2) is 5.82 Å². The highest BCUT2D eigenvalue weighted by Gasteiger charge is 2.27. The van der Waals surface area contributed by atoms with E-state index in [0.29, 0.717) is 36.7 Å². The number of carbonyl (C=O) groups is 1. The summed E-state index contributed by atoms with van der Waals surface area (Å²) >= 11 is 0. The van der Waals surface area contributed by atoms with Crippen LogP contribution in [-0.2, 0) is 11.3 Å². The van der Waals surface area contributed by atoms with E-state index in [4.69, 9.17) is 9.05 Å². The molecule has 130 valence electrons. The zero-order chi connectivity index (χ0) is 17.1. The Balaban J connectivity index is 1.45. The van der Waals surface area contributed by atoms with Gasteiger partial charge in [-0.2, -0.15) is 4.98 Å². The number of aromatic nitrogens is 3. The second-order valence-corrected chi connectivity index (χ2v) is 6.20. The van der Waals surface area contributed by atoms with Gasteiger partial charge in [-0.25, -0.2) is 0 Å². The maximum Gasteiger partial charge on any atom is 0.240 e. The van der Waals surface area contributed by atoms with E-state index < -0.39 is 0 Å². The molecular formula is C15H22N6O3. The molecule has 1 aliphatic heterocycles. The third-order valence-electron chi connectivity index (χ3n) is 4.09. The van der Waals surface area contributed by atoms with Gasteiger partial charge in [-0.3, -0.25) is 19.9 Å². The molecule has 0 spiro atoms. The Labute approximate surface area is 140 Å². The quantitative estimate of drug-likeness (QED) is 0.828. The second kappa shape index (κ2) is 7.10. The number of aryl methyl sites for hydroxylation is 2. The molecule has 1 amide bonds. The van der Waals surface area contributed by atoms with E-state index in [9.17, 15) is 4.79 Å². The second-order valence-electron chi connectivity index (χ2n) is 6.20. The van der Waals surface area contributed by atoms with Crippen molar-refractivity contribution in [3.8, 4) is 0 Å². The predicted molar refractivity (Wildman–Crippen MR) is 85.2 cm³/mol. The van der Waals surface area contributed by atoms with E-state index in [1.165, 1.54) is 0 Å². The molecule has 0 aromatic carbocycles. The van der Waals surface area contributed by atoms with Gasteiger partial charge in [-0.05, 0) is 20.4 Å². The first-order valence-electron chi connectivity index (χ1n) is 7.94. The van der Waals surface area contributed by atoms with Crippen LogP contribution in [0.5, 0.6) is 0 Å². The van der Waals surface area contributed by atoms with Crippen LogP contribution in [0.15, 0.2) is 15.1 Å². The van der Waals surface area contributed by atoms with Crippen LogP contribution in [0.1, 0.15) is 23.8 Å². The van der Waals surface area contributed by atoms with Crippen LogP contribution in [0.25, 0.3) is 0 Å². The SMILES string of the molecule is Cc1cc(NC(=O)CN2CC[C@@H](N(C)Cc3noc(C)n3)C2)on1. The molecule has 9 nitrogen and oxygen atoms in total. The van der Waals surface area contributed by atoms with Crippen molar-refractivity contribution >= 4 is 11.8 Å². The lowest BCUT2D eigenvalue weighted by Crippen LogP contribution is -2.37. The van der Waals surface area contributed by atoms with Crippen LogP contribution in [0.3, 0.4) is 0 Å². The maximum absolute atomic E-state index is 12.1. The fourth-order valence-electron chi connectivity index (χ4n) is 2.88. The number of carbonyl (C=O) groups excluding carboxylic acids is 1. The molecule has 3 heterocycles. The monoisotopic (exact) mass is 334 g/mol. The summed E-state index contributed by atoms with van der Waals surface area (Å²) in [6.07, 6.45) is 1.00. The number of hydrogen-bond acceptors (Lipinski definition) is 8. The summed E-state index contributed by atoms with van der Waals surface area (Å²) in [6, 6.07) is 2.06. The molecule has 0 radical (unpaired) electrons. The predicted octanol–water partition coefficient (Wildman–Crippen LogP) is 0.819. The topological polar surface area (TPSA) is 101 Å². The highest BCUT2D eigenvalue weighted by molar-refractivity contribution is 5.90. The van der Waals surface area contributed by atoms with E-state index in [1.807, 2.05) is 14.0 Å². The molecule has 2 aromatic rings. The number of nitrogens with one attached hydrogen (secondary N) is 1. The molecule has 2 aromatic heterocycles. The van der Waals surface area contributed by atoms with Gasteiger partial charge < -0.3 is 9.05 Å². The minimum atomic E-state index is -0.0942. The summed E-state index contributed by atoms with van der Waals surface area (Å²) in [5.74, 6) is 1.55. The first-order chi connectivity index (χ1) is 11.5.